The van der Waals surface area contributed by atoms with Crippen LogP contribution in [0.3, 0.4) is 0 Å². The molecule has 0 aliphatic carbocycles. The first-order valence-corrected chi connectivity index (χ1v) is 7.68. The first-order chi connectivity index (χ1) is 10.3. The van der Waals surface area contributed by atoms with Crippen LogP contribution in [0.5, 0.6) is 0 Å². The lowest BCUT2D eigenvalue weighted by molar-refractivity contribution is 0.0523. The van der Waals surface area contributed by atoms with Gasteiger partial charge >= 0.3 is 6.09 Å². The number of aromatic nitrogens is 1. The van der Waals surface area contributed by atoms with E-state index in [1.54, 1.807) is 6.20 Å². The molecule has 1 aromatic rings. The number of alkyl carbamates (subject to hydrolysis) is 1. The number of hydrogen-bond donors (Lipinski definition) is 2. The molecular weight excluding hydrogens is 282 g/mol. The normalized spacial score (nSPS) is 18.9. The minimum absolute atomic E-state index is 0.293. The van der Waals surface area contributed by atoms with Crippen LogP contribution in [0.15, 0.2) is 18.3 Å². The number of aliphatic hydroxyl groups is 1. The smallest absolute Gasteiger partial charge is 0.407 e. The van der Waals surface area contributed by atoms with Gasteiger partial charge in [0.05, 0.1) is 6.10 Å². The minimum Gasteiger partial charge on any atom is -0.444 e. The van der Waals surface area contributed by atoms with Crippen LogP contribution < -0.4 is 10.2 Å². The number of piperidine rings is 1. The van der Waals surface area contributed by atoms with Crippen LogP contribution >= 0.6 is 0 Å². The maximum atomic E-state index is 11.7. The van der Waals surface area contributed by atoms with Crippen molar-refractivity contribution in [1.82, 2.24) is 10.3 Å². The van der Waals surface area contributed by atoms with E-state index in [9.17, 15) is 9.90 Å². The van der Waals surface area contributed by atoms with E-state index in [0.717, 1.165) is 30.8 Å². The highest BCUT2D eigenvalue weighted by molar-refractivity contribution is 5.67. The van der Waals surface area contributed by atoms with Gasteiger partial charge in [-0.05, 0) is 51.3 Å². The molecule has 2 heterocycles. The summed E-state index contributed by atoms with van der Waals surface area (Å²) in [5, 5.41) is 12.5. The van der Waals surface area contributed by atoms with E-state index in [-0.39, 0.29) is 6.10 Å². The summed E-state index contributed by atoms with van der Waals surface area (Å²) in [4.78, 5) is 18.1. The number of aliphatic hydroxyl groups excluding tert-OH is 1. The van der Waals surface area contributed by atoms with E-state index in [1.165, 1.54) is 0 Å². The lowest BCUT2D eigenvalue weighted by Crippen LogP contribution is -2.38. The average Bonchev–Trinajstić information content (AvgIpc) is 2.44. The van der Waals surface area contributed by atoms with E-state index in [2.05, 4.69) is 15.2 Å². The molecule has 1 atom stereocenters. The molecule has 1 aliphatic rings. The van der Waals surface area contributed by atoms with Crippen molar-refractivity contribution in [1.29, 1.82) is 0 Å². The van der Waals surface area contributed by atoms with Gasteiger partial charge in [0, 0.05) is 25.8 Å². The molecule has 1 aromatic heterocycles. The van der Waals surface area contributed by atoms with Crippen LogP contribution in [-0.4, -0.2) is 41.0 Å². The third-order valence-corrected chi connectivity index (χ3v) is 3.37. The van der Waals surface area contributed by atoms with E-state index in [0.29, 0.717) is 13.1 Å². The van der Waals surface area contributed by atoms with Crippen molar-refractivity contribution < 1.29 is 14.6 Å². The minimum atomic E-state index is -0.503. The molecule has 2 rings (SSSR count). The number of anilines is 1. The molecule has 1 fully saturated rings. The highest BCUT2D eigenvalue weighted by Gasteiger charge is 2.19. The van der Waals surface area contributed by atoms with Gasteiger partial charge in [0.25, 0.3) is 0 Å². The second-order valence-corrected chi connectivity index (χ2v) is 6.62. The van der Waals surface area contributed by atoms with Crippen LogP contribution in [0.1, 0.15) is 39.2 Å². The van der Waals surface area contributed by atoms with E-state index in [1.807, 2.05) is 32.9 Å². The second kappa shape index (κ2) is 6.96. The molecular formula is C16H25N3O3. The summed E-state index contributed by atoms with van der Waals surface area (Å²) in [7, 11) is 0. The number of ether oxygens (including phenoxy) is 1. The SMILES string of the molecule is CC(C)(C)OC(=O)NCc1ccnc(N2CCCC(O)C2)c1. The Morgan fingerprint density at radius 2 is 2.32 bits per heavy atom. The van der Waals surface area contributed by atoms with Crippen molar-refractivity contribution in [3.63, 3.8) is 0 Å². The van der Waals surface area contributed by atoms with Crippen LogP contribution in [-0.2, 0) is 11.3 Å². The predicted molar refractivity (Wildman–Crippen MR) is 84.8 cm³/mol. The van der Waals surface area contributed by atoms with Gasteiger partial charge in [-0.15, -0.1) is 0 Å². The van der Waals surface area contributed by atoms with Crippen molar-refractivity contribution >= 4 is 11.9 Å². The zero-order valence-electron chi connectivity index (χ0n) is 13.5. The number of carbonyl (C=O) groups excluding carboxylic acids is 1. The first kappa shape index (κ1) is 16.5. The van der Waals surface area contributed by atoms with Crippen molar-refractivity contribution in [2.75, 3.05) is 18.0 Å². The summed E-state index contributed by atoms with van der Waals surface area (Å²) >= 11 is 0. The largest absolute Gasteiger partial charge is 0.444 e. The number of β-amino-alcohol motifs (C(OH)–C–C–N with tert-alkyl or cyclic N) is 1. The molecule has 1 saturated heterocycles. The molecule has 0 aromatic carbocycles. The van der Waals surface area contributed by atoms with Crippen LogP contribution in [0.25, 0.3) is 0 Å². The Morgan fingerprint density at radius 3 is 3.00 bits per heavy atom. The molecule has 1 unspecified atom stereocenters. The third-order valence-electron chi connectivity index (χ3n) is 3.37. The number of amides is 1. The van der Waals surface area contributed by atoms with Crippen molar-refractivity contribution in [2.24, 2.45) is 0 Å². The number of carbonyl (C=O) groups is 1. The molecule has 2 N–H and O–H groups in total. The number of pyridine rings is 1. The zero-order chi connectivity index (χ0) is 16.2. The average molecular weight is 307 g/mol. The van der Waals surface area contributed by atoms with Crippen molar-refractivity contribution in [2.45, 2.75) is 51.9 Å². The summed E-state index contributed by atoms with van der Waals surface area (Å²) < 4.78 is 5.21. The Labute approximate surface area is 131 Å². The fraction of sp³-hybridized carbons (Fsp3) is 0.625. The summed E-state index contributed by atoms with van der Waals surface area (Å²) in [5.74, 6) is 0.835. The third kappa shape index (κ3) is 5.18. The number of nitrogens with zero attached hydrogens (tertiary/aromatic N) is 2. The molecule has 22 heavy (non-hydrogen) atoms. The molecule has 6 nitrogen and oxygen atoms in total. The monoisotopic (exact) mass is 307 g/mol. The second-order valence-electron chi connectivity index (χ2n) is 6.62. The predicted octanol–water partition coefficient (Wildman–Crippen LogP) is 2.07. The number of rotatable bonds is 3. The fourth-order valence-corrected chi connectivity index (χ4v) is 2.39. The lowest BCUT2D eigenvalue weighted by atomic mass is 10.1. The molecule has 122 valence electrons. The van der Waals surface area contributed by atoms with Gasteiger partial charge in [-0.25, -0.2) is 9.78 Å². The van der Waals surface area contributed by atoms with Crippen LogP contribution in [0.4, 0.5) is 10.6 Å². The highest BCUT2D eigenvalue weighted by Crippen LogP contribution is 2.18. The maximum absolute atomic E-state index is 11.7. The van der Waals surface area contributed by atoms with Gasteiger partial charge in [-0.2, -0.15) is 0 Å². The summed E-state index contributed by atoms with van der Waals surface area (Å²) in [6, 6.07) is 3.80. The van der Waals surface area contributed by atoms with Crippen LogP contribution in [0.2, 0.25) is 0 Å². The highest BCUT2D eigenvalue weighted by atomic mass is 16.6. The Balaban J connectivity index is 1.92. The summed E-state index contributed by atoms with van der Waals surface area (Å²) in [6.45, 7) is 7.39. The molecule has 1 aliphatic heterocycles. The Kier molecular flexibility index (Phi) is 5.24. The van der Waals surface area contributed by atoms with Gasteiger partial charge in [0.2, 0.25) is 0 Å². The number of nitrogens with one attached hydrogen (secondary N) is 1. The Hall–Kier alpha value is -1.82. The zero-order valence-corrected chi connectivity index (χ0v) is 13.5. The molecule has 0 spiro atoms. The topological polar surface area (TPSA) is 74.7 Å². The molecule has 0 saturated carbocycles. The van der Waals surface area contributed by atoms with E-state index < -0.39 is 11.7 Å². The quantitative estimate of drug-likeness (QED) is 0.894. The first-order valence-electron chi connectivity index (χ1n) is 7.68. The molecule has 6 heteroatoms. The molecule has 0 radical (unpaired) electrons. The van der Waals surface area contributed by atoms with Crippen LogP contribution in [0, 0.1) is 0 Å². The Morgan fingerprint density at radius 1 is 1.55 bits per heavy atom. The van der Waals surface area contributed by atoms with E-state index >= 15 is 0 Å². The van der Waals surface area contributed by atoms with Gasteiger partial charge in [0.15, 0.2) is 0 Å². The summed E-state index contributed by atoms with van der Waals surface area (Å²) in [5.41, 5.74) is 0.452. The summed E-state index contributed by atoms with van der Waals surface area (Å²) in [6.07, 6.45) is 2.81. The Bertz CT molecular complexity index is 514. The molecule has 0 bridgehead atoms. The van der Waals surface area contributed by atoms with Crippen molar-refractivity contribution in [3.8, 4) is 0 Å². The number of hydrogen-bond acceptors (Lipinski definition) is 5. The van der Waals surface area contributed by atoms with E-state index in [4.69, 9.17) is 4.74 Å². The van der Waals surface area contributed by atoms with Gasteiger partial charge in [-0.1, -0.05) is 0 Å². The fourth-order valence-electron chi connectivity index (χ4n) is 2.39. The van der Waals surface area contributed by atoms with Gasteiger partial charge < -0.3 is 20.1 Å². The van der Waals surface area contributed by atoms with Gasteiger partial charge in [-0.3, -0.25) is 0 Å². The lowest BCUT2D eigenvalue weighted by Gasteiger charge is -2.31. The maximum Gasteiger partial charge on any atom is 0.407 e. The van der Waals surface area contributed by atoms with Gasteiger partial charge in [0.1, 0.15) is 11.4 Å². The standard InChI is InChI=1S/C16H25N3O3/c1-16(2,3)22-15(21)18-10-12-6-7-17-14(9-12)19-8-4-5-13(20)11-19/h6-7,9,13,20H,4-5,8,10-11H2,1-3H3,(H,18,21). The van der Waals surface area contributed by atoms with Crippen molar-refractivity contribution in [3.05, 3.63) is 23.9 Å². The molecule has 1 amide bonds.